The molecular formula is C12H13N3O5. The third-order valence-corrected chi connectivity index (χ3v) is 2.53. The van der Waals surface area contributed by atoms with Crippen molar-refractivity contribution in [1.29, 1.82) is 0 Å². The fourth-order valence-corrected chi connectivity index (χ4v) is 1.42. The number of amides is 1. The summed E-state index contributed by atoms with van der Waals surface area (Å²) < 4.78 is 11.5. The van der Waals surface area contributed by atoms with Crippen LogP contribution in [0, 0.1) is 0 Å². The summed E-state index contributed by atoms with van der Waals surface area (Å²) in [4.78, 5) is 35.7. The minimum atomic E-state index is -0.773. The van der Waals surface area contributed by atoms with Crippen molar-refractivity contribution >= 4 is 6.09 Å². The van der Waals surface area contributed by atoms with Gasteiger partial charge in [-0.25, -0.2) is 19.0 Å². The molecule has 1 aromatic heterocycles. The molecule has 0 radical (unpaired) electrons. The van der Waals surface area contributed by atoms with Crippen LogP contribution in [-0.2, 0) is 7.05 Å². The van der Waals surface area contributed by atoms with Gasteiger partial charge in [0.05, 0.1) is 5.69 Å². The Morgan fingerprint density at radius 3 is 2.55 bits per heavy atom. The van der Waals surface area contributed by atoms with Gasteiger partial charge in [0.2, 0.25) is 0 Å². The first-order chi connectivity index (χ1) is 9.40. The first-order valence-corrected chi connectivity index (χ1v) is 5.69. The second kappa shape index (κ2) is 5.08. The average molecular weight is 279 g/mol. The lowest BCUT2D eigenvalue weighted by atomic mass is 10.3. The lowest BCUT2D eigenvalue weighted by Gasteiger charge is -2.10. The molecule has 0 spiro atoms. The Balaban J connectivity index is 2.40. The SMILES string of the molecule is CN(C)C(=O)Oc1cccc(-n2oc(=O)n(C)c2=O)c1. The van der Waals surface area contributed by atoms with Crippen molar-refractivity contribution in [2.24, 2.45) is 7.05 Å². The Labute approximate surface area is 113 Å². The van der Waals surface area contributed by atoms with E-state index in [1.54, 1.807) is 32.3 Å². The van der Waals surface area contributed by atoms with Gasteiger partial charge in [-0.15, -0.1) is 4.74 Å². The largest absolute Gasteiger partial charge is 0.442 e. The molecule has 20 heavy (non-hydrogen) atoms. The molecule has 0 saturated carbocycles. The molecule has 0 N–H and O–H groups in total. The van der Waals surface area contributed by atoms with Crippen LogP contribution in [0.3, 0.4) is 0 Å². The van der Waals surface area contributed by atoms with E-state index in [9.17, 15) is 14.4 Å². The zero-order valence-corrected chi connectivity index (χ0v) is 11.2. The maximum absolute atomic E-state index is 11.7. The summed E-state index contributed by atoms with van der Waals surface area (Å²) in [6.07, 6.45) is -0.552. The van der Waals surface area contributed by atoms with Gasteiger partial charge in [0.15, 0.2) is 0 Å². The highest BCUT2D eigenvalue weighted by molar-refractivity contribution is 5.70. The molecule has 1 aromatic carbocycles. The van der Waals surface area contributed by atoms with E-state index in [0.717, 1.165) is 9.31 Å². The summed E-state index contributed by atoms with van der Waals surface area (Å²) in [5, 5.41) is 0. The van der Waals surface area contributed by atoms with Gasteiger partial charge in [0.1, 0.15) is 5.75 Å². The molecule has 0 unspecified atom stereocenters. The molecule has 2 rings (SSSR count). The molecule has 2 aromatic rings. The molecule has 0 bridgehead atoms. The first-order valence-electron chi connectivity index (χ1n) is 5.69. The van der Waals surface area contributed by atoms with Crippen molar-refractivity contribution < 1.29 is 14.1 Å². The third-order valence-electron chi connectivity index (χ3n) is 2.53. The molecule has 1 amide bonds. The van der Waals surface area contributed by atoms with E-state index in [1.165, 1.54) is 18.0 Å². The standard InChI is InChI=1S/C12H13N3O5/c1-13(2)11(17)19-9-6-4-5-8(7-9)15-10(16)14(3)12(18)20-15/h4-7H,1-3H3. The van der Waals surface area contributed by atoms with Gasteiger partial charge in [-0.1, -0.05) is 6.07 Å². The highest BCUT2D eigenvalue weighted by Gasteiger charge is 2.12. The predicted octanol–water partition coefficient (Wildman–Crippen LogP) is 0.190. The minimum absolute atomic E-state index is 0.236. The Bertz CT molecular complexity index is 753. The van der Waals surface area contributed by atoms with E-state index in [1.807, 2.05) is 0 Å². The smallest absolute Gasteiger partial charge is 0.410 e. The number of hydrogen-bond acceptors (Lipinski definition) is 5. The fraction of sp³-hybridized carbons (Fsp3) is 0.250. The number of carbonyl (C=O) groups is 1. The Hall–Kier alpha value is -2.77. The molecule has 0 saturated heterocycles. The number of hydrogen-bond donors (Lipinski definition) is 0. The van der Waals surface area contributed by atoms with E-state index >= 15 is 0 Å². The zero-order valence-electron chi connectivity index (χ0n) is 11.2. The fourth-order valence-electron chi connectivity index (χ4n) is 1.42. The monoisotopic (exact) mass is 279 g/mol. The maximum Gasteiger partial charge on any atom is 0.442 e. The van der Waals surface area contributed by atoms with Crippen LogP contribution in [0.2, 0.25) is 0 Å². The van der Waals surface area contributed by atoms with Crippen molar-refractivity contribution in [3.63, 3.8) is 0 Å². The van der Waals surface area contributed by atoms with Crippen molar-refractivity contribution in [2.45, 2.75) is 0 Å². The number of ether oxygens (including phenoxy) is 1. The van der Waals surface area contributed by atoms with Crippen LogP contribution in [-0.4, -0.2) is 34.4 Å². The van der Waals surface area contributed by atoms with Gasteiger partial charge in [0, 0.05) is 27.2 Å². The van der Waals surface area contributed by atoms with Gasteiger partial charge in [-0.2, -0.15) is 0 Å². The van der Waals surface area contributed by atoms with Crippen LogP contribution in [0.25, 0.3) is 5.69 Å². The normalized spacial score (nSPS) is 10.3. The summed E-state index contributed by atoms with van der Waals surface area (Å²) in [5.41, 5.74) is -0.331. The quantitative estimate of drug-likeness (QED) is 0.783. The molecule has 0 aliphatic rings. The molecule has 1 heterocycles. The minimum Gasteiger partial charge on any atom is -0.410 e. The molecule has 0 aliphatic carbocycles. The van der Waals surface area contributed by atoms with Gasteiger partial charge < -0.3 is 14.2 Å². The number of carbonyl (C=O) groups excluding carboxylic acids is 1. The maximum atomic E-state index is 11.7. The number of aromatic nitrogens is 2. The summed E-state index contributed by atoms with van der Waals surface area (Å²) in [6.45, 7) is 0. The Kier molecular flexibility index (Phi) is 3.47. The molecular weight excluding hydrogens is 266 g/mol. The van der Waals surface area contributed by atoms with Crippen LogP contribution in [0.1, 0.15) is 0 Å². The van der Waals surface area contributed by atoms with E-state index < -0.39 is 17.5 Å². The van der Waals surface area contributed by atoms with E-state index in [0.29, 0.717) is 0 Å². The van der Waals surface area contributed by atoms with Crippen molar-refractivity contribution in [3.05, 3.63) is 45.3 Å². The van der Waals surface area contributed by atoms with Crippen LogP contribution in [0.5, 0.6) is 5.75 Å². The zero-order chi connectivity index (χ0) is 14.9. The summed E-state index contributed by atoms with van der Waals surface area (Å²) in [7, 11) is 4.40. The van der Waals surface area contributed by atoms with Crippen molar-refractivity contribution in [1.82, 2.24) is 14.2 Å². The number of rotatable bonds is 2. The van der Waals surface area contributed by atoms with Crippen LogP contribution < -0.4 is 16.2 Å². The molecule has 0 atom stereocenters. The van der Waals surface area contributed by atoms with Gasteiger partial charge in [-0.05, 0) is 12.1 Å². The van der Waals surface area contributed by atoms with Gasteiger partial charge >= 0.3 is 17.5 Å². The summed E-state index contributed by atoms with van der Waals surface area (Å²) >= 11 is 0. The average Bonchev–Trinajstić information content (AvgIpc) is 2.67. The lowest BCUT2D eigenvalue weighted by Crippen LogP contribution is -2.26. The Morgan fingerprint density at radius 2 is 2.00 bits per heavy atom. The van der Waals surface area contributed by atoms with Crippen molar-refractivity contribution in [2.75, 3.05) is 14.1 Å². The number of benzene rings is 1. The van der Waals surface area contributed by atoms with E-state index in [-0.39, 0.29) is 11.4 Å². The van der Waals surface area contributed by atoms with Gasteiger partial charge in [0.25, 0.3) is 0 Å². The molecule has 8 nitrogen and oxygen atoms in total. The van der Waals surface area contributed by atoms with E-state index in [4.69, 9.17) is 9.26 Å². The topological polar surface area (TPSA) is 86.7 Å². The third kappa shape index (κ3) is 2.48. The lowest BCUT2D eigenvalue weighted by molar-refractivity contribution is 0.172. The summed E-state index contributed by atoms with van der Waals surface area (Å²) in [5.74, 6) is -0.537. The Morgan fingerprint density at radius 1 is 1.30 bits per heavy atom. The van der Waals surface area contributed by atoms with Crippen LogP contribution >= 0.6 is 0 Å². The first kappa shape index (κ1) is 13.7. The van der Waals surface area contributed by atoms with Crippen molar-refractivity contribution in [3.8, 4) is 11.4 Å². The highest BCUT2D eigenvalue weighted by Crippen LogP contribution is 2.16. The molecule has 106 valence electrons. The second-order valence-electron chi connectivity index (χ2n) is 4.25. The number of nitrogens with zero attached hydrogens (tertiary/aromatic N) is 3. The van der Waals surface area contributed by atoms with E-state index in [2.05, 4.69) is 0 Å². The highest BCUT2D eigenvalue weighted by atomic mass is 16.6. The van der Waals surface area contributed by atoms with Crippen LogP contribution in [0.4, 0.5) is 4.79 Å². The molecule has 0 aliphatic heterocycles. The van der Waals surface area contributed by atoms with Crippen LogP contribution in [0.15, 0.2) is 38.4 Å². The molecule has 0 fully saturated rings. The van der Waals surface area contributed by atoms with Gasteiger partial charge in [-0.3, -0.25) is 0 Å². The summed E-state index contributed by atoms with van der Waals surface area (Å²) in [6, 6.07) is 6.10. The molecule has 8 heteroatoms. The predicted molar refractivity (Wildman–Crippen MR) is 69.3 cm³/mol. The second-order valence-corrected chi connectivity index (χ2v) is 4.25.